The molecular weight excluding hydrogens is 322 g/mol. The van der Waals surface area contributed by atoms with Crippen molar-refractivity contribution in [1.82, 2.24) is 9.78 Å². The number of nitrogens with zero attached hydrogens (tertiary/aromatic N) is 2. The molecule has 1 amide bonds. The third-order valence-corrected chi connectivity index (χ3v) is 3.52. The first-order chi connectivity index (χ1) is 12.0. The monoisotopic (exact) mass is 345 g/mol. The van der Waals surface area contributed by atoms with E-state index < -0.39 is 5.97 Å². The van der Waals surface area contributed by atoms with Crippen LogP contribution in [0.4, 0.5) is 5.82 Å². The van der Waals surface area contributed by atoms with Gasteiger partial charge in [-0.3, -0.25) is 9.48 Å². The lowest BCUT2D eigenvalue weighted by atomic mass is 10.1. The SMILES string of the molecule is CCCc1ccc(OCC(=O)Nc2c(C(=O)OCC)cnn2C)cc1. The lowest BCUT2D eigenvalue weighted by Crippen LogP contribution is -2.23. The van der Waals surface area contributed by atoms with Crippen molar-refractivity contribution in [3.05, 3.63) is 41.6 Å². The van der Waals surface area contributed by atoms with E-state index in [0.29, 0.717) is 5.75 Å². The molecular formula is C18H23N3O4. The molecule has 0 bridgehead atoms. The number of hydrogen-bond acceptors (Lipinski definition) is 5. The van der Waals surface area contributed by atoms with E-state index in [1.165, 1.54) is 16.4 Å². The lowest BCUT2D eigenvalue weighted by molar-refractivity contribution is -0.118. The molecule has 1 heterocycles. The third kappa shape index (κ3) is 5.07. The molecule has 1 aromatic heterocycles. The maximum Gasteiger partial charge on any atom is 0.343 e. The number of carbonyl (C=O) groups is 2. The van der Waals surface area contributed by atoms with Gasteiger partial charge < -0.3 is 14.8 Å². The molecule has 134 valence electrons. The Hall–Kier alpha value is -2.83. The van der Waals surface area contributed by atoms with Gasteiger partial charge >= 0.3 is 5.97 Å². The van der Waals surface area contributed by atoms with Gasteiger partial charge in [0.15, 0.2) is 6.61 Å². The number of hydrogen-bond donors (Lipinski definition) is 1. The van der Waals surface area contributed by atoms with Gasteiger partial charge in [-0.05, 0) is 31.0 Å². The van der Waals surface area contributed by atoms with Crippen LogP contribution in [-0.4, -0.2) is 34.9 Å². The van der Waals surface area contributed by atoms with Crippen LogP contribution < -0.4 is 10.1 Å². The Morgan fingerprint density at radius 1 is 1.20 bits per heavy atom. The Morgan fingerprint density at radius 3 is 2.56 bits per heavy atom. The molecule has 2 rings (SSSR count). The number of rotatable bonds is 8. The number of anilines is 1. The predicted molar refractivity (Wildman–Crippen MR) is 93.7 cm³/mol. The molecule has 0 unspecified atom stereocenters. The van der Waals surface area contributed by atoms with Crippen molar-refractivity contribution in [3.8, 4) is 5.75 Å². The average Bonchev–Trinajstić information content (AvgIpc) is 2.95. The minimum Gasteiger partial charge on any atom is -0.484 e. The van der Waals surface area contributed by atoms with Gasteiger partial charge in [0, 0.05) is 7.05 Å². The van der Waals surface area contributed by atoms with Crippen LogP contribution in [0.1, 0.15) is 36.2 Å². The van der Waals surface area contributed by atoms with E-state index in [2.05, 4.69) is 17.3 Å². The highest BCUT2D eigenvalue weighted by Crippen LogP contribution is 2.16. The second-order valence-electron chi connectivity index (χ2n) is 5.48. The number of benzene rings is 1. The van der Waals surface area contributed by atoms with Crippen molar-refractivity contribution in [2.45, 2.75) is 26.7 Å². The number of aromatic nitrogens is 2. The number of amides is 1. The van der Waals surface area contributed by atoms with Gasteiger partial charge in [-0.1, -0.05) is 25.5 Å². The van der Waals surface area contributed by atoms with Crippen molar-refractivity contribution >= 4 is 17.7 Å². The molecule has 0 saturated carbocycles. The van der Waals surface area contributed by atoms with Gasteiger partial charge in [-0.15, -0.1) is 0 Å². The summed E-state index contributed by atoms with van der Waals surface area (Å²) in [7, 11) is 1.63. The minimum atomic E-state index is -0.529. The first-order valence-electron chi connectivity index (χ1n) is 8.25. The van der Waals surface area contributed by atoms with Crippen LogP contribution in [0.3, 0.4) is 0 Å². The van der Waals surface area contributed by atoms with E-state index in [1.807, 2.05) is 24.3 Å². The highest BCUT2D eigenvalue weighted by atomic mass is 16.5. The Balaban J connectivity index is 1.94. The fourth-order valence-electron chi connectivity index (χ4n) is 2.30. The summed E-state index contributed by atoms with van der Waals surface area (Å²) in [6, 6.07) is 7.65. The summed E-state index contributed by atoms with van der Waals surface area (Å²) < 4.78 is 11.8. The standard InChI is InChI=1S/C18H23N3O4/c1-4-6-13-7-9-14(10-8-13)25-12-16(22)20-17-15(11-19-21(17)3)18(23)24-5-2/h7-11H,4-6,12H2,1-3H3,(H,20,22). The highest BCUT2D eigenvalue weighted by molar-refractivity contribution is 6.00. The van der Waals surface area contributed by atoms with Crippen LogP contribution in [0.25, 0.3) is 0 Å². The van der Waals surface area contributed by atoms with Crippen LogP contribution >= 0.6 is 0 Å². The molecule has 0 fully saturated rings. The quantitative estimate of drug-likeness (QED) is 0.744. The predicted octanol–water partition coefficient (Wildman–Crippen LogP) is 2.57. The Bertz CT molecular complexity index is 722. The molecule has 25 heavy (non-hydrogen) atoms. The lowest BCUT2D eigenvalue weighted by Gasteiger charge is -2.10. The van der Waals surface area contributed by atoms with Gasteiger partial charge in [0.25, 0.3) is 5.91 Å². The number of esters is 1. The van der Waals surface area contributed by atoms with Crippen LogP contribution in [0.2, 0.25) is 0 Å². The van der Waals surface area contributed by atoms with Crippen LogP contribution in [0.5, 0.6) is 5.75 Å². The Labute approximate surface area is 146 Å². The summed E-state index contributed by atoms with van der Waals surface area (Å²) in [4.78, 5) is 24.0. The molecule has 1 N–H and O–H groups in total. The molecule has 0 radical (unpaired) electrons. The van der Waals surface area contributed by atoms with Crippen molar-refractivity contribution in [1.29, 1.82) is 0 Å². The fourth-order valence-corrected chi connectivity index (χ4v) is 2.30. The van der Waals surface area contributed by atoms with E-state index in [1.54, 1.807) is 14.0 Å². The molecule has 0 aliphatic rings. The normalized spacial score (nSPS) is 10.4. The second kappa shape index (κ2) is 8.86. The first-order valence-corrected chi connectivity index (χ1v) is 8.25. The molecule has 2 aromatic rings. The van der Waals surface area contributed by atoms with Crippen molar-refractivity contribution in [3.63, 3.8) is 0 Å². The molecule has 0 saturated heterocycles. The van der Waals surface area contributed by atoms with Crippen LogP contribution in [-0.2, 0) is 23.0 Å². The van der Waals surface area contributed by atoms with Gasteiger partial charge in [0.1, 0.15) is 17.1 Å². The number of nitrogens with one attached hydrogen (secondary N) is 1. The van der Waals surface area contributed by atoms with E-state index >= 15 is 0 Å². The zero-order valence-electron chi connectivity index (χ0n) is 14.7. The average molecular weight is 345 g/mol. The summed E-state index contributed by atoms with van der Waals surface area (Å²) in [6.45, 7) is 3.92. The molecule has 0 spiro atoms. The van der Waals surface area contributed by atoms with Crippen LogP contribution in [0.15, 0.2) is 30.5 Å². The molecule has 7 nitrogen and oxygen atoms in total. The van der Waals surface area contributed by atoms with E-state index in [-0.39, 0.29) is 30.5 Å². The van der Waals surface area contributed by atoms with Gasteiger partial charge in [0.2, 0.25) is 0 Å². The smallest absolute Gasteiger partial charge is 0.343 e. The second-order valence-corrected chi connectivity index (χ2v) is 5.48. The van der Waals surface area contributed by atoms with Gasteiger partial charge in [-0.2, -0.15) is 5.10 Å². The highest BCUT2D eigenvalue weighted by Gasteiger charge is 2.19. The molecule has 1 aromatic carbocycles. The van der Waals surface area contributed by atoms with E-state index in [0.717, 1.165) is 12.8 Å². The first kappa shape index (κ1) is 18.5. The van der Waals surface area contributed by atoms with Crippen molar-refractivity contribution < 1.29 is 19.1 Å². The molecule has 0 aliphatic carbocycles. The zero-order chi connectivity index (χ0) is 18.2. The molecule has 0 atom stereocenters. The summed E-state index contributed by atoms with van der Waals surface area (Å²) in [5, 5.41) is 6.61. The number of ether oxygens (including phenoxy) is 2. The Morgan fingerprint density at radius 2 is 1.92 bits per heavy atom. The van der Waals surface area contributed by atoms with Gasteiger partial charge in [0.05, 0.1) is 12.8 Å². The maximum atomic E-state index is 12.1. The van der Waals surface area contributed by atoms with Crippen molar-refractivity contribution in [2.24, 2.45) is 7.05 Å². The summed E-state index contributed by atoms with van der Waals surface area (Å²) >= 11 is 0. The van der Waals surface area contributed by atoms with E-state index in [4.69, 9.17) is 9.47 Å². The maximum absolute atomic E-state index is 12.1. The number of carbonyl (C=O) groups excluding carboxylic acids is 2. The summed E-state index contributed by atoms with van der Waals surface area (Å²) in [5.74, 6) is -0.0129. The van der Waals surface area contributed by atoms with Gasteiger partial charge in [-0.25, -0.2) is 4.79 Å². The van der Waals surface area contributed by atoms with E-state index in [9.17, 15) is 9.59 Å². The minimum absolute atomic E-state index is 0.166. The fraction of sp³-hybridized carbons (Fsp3) is 0.389. The summed E-state index contributed by atoms with van der Waals surface area (Å²) in [5.41, 5.74) is 1.44. The van der Waals surface area contributed by atoms with Crippen molar-refractivity contribution in [2.75, 3.05) is 18.5 Å². The molecule has 0 aliphatic heterocycles. The largest absolute Gasteiger partial charge is 0.484 e. The Kier molecular flexibility index (Phi) is 6.56. The zero-order valence-corrected chi connectivity index (χ0v) is 14.7. The number of aryl methyl sites for hydroxylation is 2. The summed E-state index contributed by atoms with van der Waals surface area (Å²) in [6.07, 6.45) is 3.45. The van der Waals surface area contributed by atoms with Crippen LogP contribution in [0, 0.1) is 0 Å². The third-order valence-electron chi connectivity index (χ3n) is 3.52. The molecule has 7 heteroatoms. The topological polar surface area (TPSA) is 82.4 Å².